The van der Waals surface area contributed by atoms with Gasteiger partial charge < -0.3 is 15.2 Å². The number of thiocarbonyl (C=S) groups is 1. The van der Waals surface area contributed by atoms with Crippen LogP contribution in [0.5, 0.6) is 5.75 Å². The molecule has 0 aliphatic rings. The van der Waals surface area contributed by atoms with Crippen LogP contribution in [0.3, 0.4) is 0 Å². The maximum atomic E-state index is 10.7. The lowest BCUT2D eigenvalue weighted by molar-refractivity contribution is 0.214. The summed E-state index contributed by atoms with van der Waals surface area (Å²) in [6.45, 7) is 2.72. The molecule has 0 aliphatic carbocycles. The Morgan fingerprint density at radius 3 is 2.52 bits per heavy atom. The number of benzene rings is 2. The molecule has 0 amide bonds. The molecule has 4 heteroatoms. The fraction of sp³-hybridized carbons (Fsp3) is 0.235. The standard InChI is InChI=1S/C17H19NO2S/c1-3-18-17(21)13-10-7-11-14(20-2)15(13)16(19)12-8-5-4-6-9-12/h4-11,16,19H,3H2,1-2H3,(H,18,21). The Morgan fingerprint density at radius 1 is 1.19 bits per heavy atom. The lowest BCUT2D eigenvalue weighted by atomic mass is 9.95. The maximum Gasteiger partial charge on any atom is 0.125 e. The maximum absolute atomic E-state index is 10.7. The quantitative estimate of drug-likeness (QED) is 0.833. The Hall–Kier alpha value is -1.91. The lowest BCUT2D eigenvalue weighted by Crippen LogP contribution is -2.24. The molecule has 3 nitrogen and oxygen atoms in total. The molecule has 2 aromatic rings. The van der Waals surface area contributed by atoms with Crippen molar-refractivity contribution in [3.8, 4) is 5.75 Å². The fourth-order valence-electron chi connectivity index (χ4n) is 2.26. The number of hydrogen-bond donors (Lipinski definition) is 2. The van der Waals surface area contributed by atoms with Gasteiger partial charge in [0.2, 0.25) is 0 Å². The first-order valence-corrected chi connectivity index (χ1v) is 7.28. The van der Waals surface area contributed by atoms with Crippen LogP contribution in [0.4, 0.5) is 0 Å². The molecule has 0 fully saturated rings. The van der Waals surface area contributed by atoms with E-state index in [0.29, 0.717) is 16.3 Å². The molecule has 1 unspecified atom stereocenters. The Morgan fingerprint density at radius 2 is 1.90 bits per heavy atom. The van der Waals surface area contributed by atoms with Crippen molar-refractivity contribution in [1.29, 1.82) is 0 Å². The molecular formula is C17H19NO2S. The van der Waals surface area contributed by atoms with E-state index in [1.165, 1.54) is 0 Å². The first-order chi connectivity index (χ1) is 10.2. The molecule has 0 spiro atoms. The normalized spacial score (nSPS) is 11.8. The van der Waals surface area contributed by atoms with Crippen LogP contribution in [0.15, 0.2) is 48.5 Å². The van der Waals surface area contributed by atoms with Gasteiger partial charge in [-0.25, -0.2) is 0 Å². The zero-order valence-electron chi connectivity index (χ0n) is 12.2. The third-order valence-corrected chi connectivity index (χ3v) is 3.62. The van der Waals surface area contributed by atoms with Crippen LogP contribution in [0, 0.1) is 0 Å². The molecule has 1 atom stereocenters. The van der Waals surface area contributed by atoms with Crippen LogP contribution in [-0.2, 0) is 0 Å². The van der Waals surface area contributed by atoms with Gasteiger partial charge >= 0.3 is 0 Å². The summed E-state index contributed by atoms with van der Waals surface area (Å²) in [6, 6.07) is 15.1. The molecule has 0 heterocycles. The Kier molecular flexibility index (Phi) is 5.31. The predicted octanol–water partition coefficient (Wildman–Crippen LogP) is 3.06. The van der Waals surface area contributed by atoms with E-state index in [1.807, 2.05) is 55.5 Å². The molecule has 0 radical (unpaired) electrons. The highest BCUT2D eigenvalue weighted by atomic mass is 32.1. The average molecular weight is 301 g/mol. The molecule has 21 heavy (non-hydrogen) atoms. The number of methoxy groups -OCH3 is 1. The number of hydrogen-bond acceptors (Lipinski definition) is 3. The Bertz CT molecular complexity index is 613. The van der Waals surface area contributed by atoms with Crippen molar-refractivity contribution < 1.29 is 9.84 Å². The number of nitrogens with one attached hydrogen (secondary N) is 1. The second-order valence-electron chi connectivity index (χ2n) is 4.59. The highest BCUT2D eigenvalue weighted by Crippen LogP contribution is 2.33. The molecule has 2 aromatic carbocycles. The van der Waals surface area contributed by atoms with Crippen molar-refractivity contribution in [3.05, 3.63) is 65.2 Å². The zero-order chi connectivity index (χ0) is 15.2. The highest BCUT2D eigenvalue weighted by Gasteiger charge is 2.21. The van der Waals surface area contributed by atoms with E-state index in [-0.39, 0.29) is 0 Å². The summed E-state index contributed by atoms with van der Waals surface area (Å²) in [5.74, 6) is 0.629. The molecule has 2 rings (SSSR count). The van der Waals surface area contributed by atoms with E-state index in [4.69, 9.17) is 17.0 Å². The van der Waals surface area contributed by atoms with Crippen molar-refractivity contribution in [1.82, 2.24) is 5.32 Å². The second kappa shape index (κ2) is 7.20. The molecule has 2 N–H and O–H groups in total. The van der Waals surface area contributed by atoms with Crippen LogP contribution in [0.2, 0.25) is 0 Å². The third kappa shape index (κ3) is 3.40. The van der Waals surface area contributed by atoms with E-state index in [9.17, 15) is 5.11 Å². The van der Waals surface area contributed by atoms with E-state index < -0.39 is 6.10 Å². The van der Waals surface area contributed by atoms with E-state index in [1.54, 1.807) is 7.11 Å². The van der Waals surface area contributed by atoms with Gasteiger partial charge in [-0.15, -0.1) is 0 Å². The fourth-order valence-corrected chi connectivity index (χ4v) is 2.58. The van der Waals surface area contributed by atoms with Crippen LogP contribution >= 0.6 is 12.2 Å². The molecule has 0 saturated heterocycles. The Balaban J connectivity index is 2.52. The first-order valence-electron chi connectivity index (χ1n) is 6.87. The van der Waals surface area contributed by atoms with Crippen LogP contribution in [-0.4, -0.2) is 23.7 Å². The van der Waals surface area contributed by atoms with Gasteiger partial charge in [-0.2, -0.15) is 0 Å². The van der Waals surface area contributed by atoms with Gasteiger partial charge in [0.1, 0.15) is 16.8 Å². The summed E-state index contributed by atoms with van der Waals surface area (Å²) in [5, 5.41) is 13.9. The third-order valence-electron chi connectivity index (χ3n) is 3.26. The smallest absolute Gasteiger partial charge is 0.125 e. The topological polar surface area (TPSA) is 41.5 Å². The van der Waals surface area contributed by atoms with Gasteiger partial charge in [-0.05, 0) is 18.6 Å². The van der Waals surface area contributed by atoms with Crippen molar-refractivity contribution in [3.63, 3.8) is 0 Å². The van der Waals surface area contributed by atoms with Crippen molar-refractivity contribution >= 4 is 17.2 Å². The van der Waals surface area contributed by atoms with Gasteiger partial charge in [-0.1, -0.05) is 54.7 Å². The van der Waals surface area contributed by atoms with Crippen molar-refractivity contribution in [2.75, 3.05) is 13.7 Å². The Labute approximate surface area is 130 Å². The predicted molar refractivity (Wildman–Crippen MR) is 88.9 cm³/mol. The number of aliphatic hydroxyl groups excluding tert-OH is 1. The van der Waals surface area contributed by atoms with Crippen molar-refractivity contribution in [2.24, 2.45) is 0 Å². The minimum absolute atomic E-state index is 0.612. The zero-order valence-corrected chi connectivity index (χ0v) is 13.0. The summed E-state index contributed by atoms with van der Waals surface area (Å²) in [4.78, 5) is 0.612. The number of aliphatic hydroxyl groups is 1. The second-order valence-corrected chi connectivity index (χ2v) is 5.00. The van der Waals surface area contributed by atoms with E-state index in [2.05, 4.69) is 5.32 Å². The van der Waals surface area contributed by atoms with Gasteiger partial charge in [0, 0.05) is 17.7 Å². The summed E-state index contributed by atoms with van der Waals surface area (Å²) in [6.07, 6.45) is -0.783. The largest absolute Gasteiger partial charge is 0.496 e. The van der Waals surface area contributed by atoms with Gasteiger partial charge in [-0.3, -0.25) is 0 Å². The molecular weight excluding hydrogens is 282 g/mol. The van der Waals surface area contributed by atoms with E-state index >= 15 is 0 Å². The molecule has 0 bridgehead atoms. The van der Waals surface area contributed by atoms with Crippen molar-refractivity contribution in [2.45, 2.75) is 13.0 Å². The highest BCUT2D eigenvalue weighted by molar-refractivity contribution is 7.80. The summed E-state index contributed by atoms with van der Waals surface area (Å²) < 4.78 is 5.41. The minimum Gasteiger partial charge on any atom is -0.496 e. The SMILES string of the molecule is CCNC(=S)c1cccc(OC)c1C(O)c1ccccc1. The average Bonchev–Trinajstić information content (AvgIpc) is 2.54. The molecule has 0 saturated carbocycles. The molecule has 110 valence electrons. The summed E-state index contributed by atoms with van der Waals surface area (Å²) in [7, 11) is 1.59. The van der Waals surface area contributed by atoms with Gasteiger partial charge in [0.25, 0.3) is 0 Å². The minimum atomic E-state index is -0.783. The summed E-state index contributed by atoms with van der Waals surface area (Å²) in [5.41, 5.74) is 2.29. The van der Waals surface area contributed by atoms with Crippen LogP contribution in [0.25, 0.3) is 0 Å². The van der Waals surface area contributed by atoms with Crippen LogP contribution in [0.1, 0.15) is 29.7 Å². The van der Waals surface area contributed by atoms with Gasteiger partial charge in [0.15, 0.2) is 0 Å². The first kappa shape index (κ1) is 15.5. The monoisotopic (exact) mass is 301 g/mol. The van der Waals surface area contributed by atoms with Gasteiger partial charge in [0.05, 0.1) is 7.11 Å². The lowest BCUT2D eigenvalue weighted by Gasteiger charge is -2.20. The number of rotatable bonds is 5. The van der Waals surface area contributed by atoms with Crippen LogP contribution < -0.4 is 10.1 Å². The molecule has 0 aliphatic heterocycles. The number of ether oxygens (including phenoxy) is 1. The molecule has 0 aromatic heterocycles. The summed E-state index contributed by atoms with van der Waals surface area (Å²) >= 11 is 5.41. The van der Waals surface area contributed by atoms with E-state index in [0.717, 1.165) is 17.7 Å².